The summed E-state index contributed by atoms with van der Waals surface area (Å²) in [5.74, 6) is -0.272. The van der Waals surface area contributed by atoms with E-state index in [-0.39, 0.29) is 35.9 Å². The van der Waals surface area contributed by atoms with E-state index < -0.39 is 17.6 Å². The van der Waals surface area contributed by atoms with Crippen LogP contribution in [0.5, 0.6) is 10.9 Å². The maximum atomic E-state index is 14.5. The minimum Gasteiger partial charge on any atom is -0.465 e. The van der Waals surface area contributed by atoms with Gasteiger partial charge in [0.15, 0.2) is 11.5 Å². The fourth-order valence-electron chi connectivity index (χ4n) is 7.29. The van der Waals surface area contributed by atoms with Crippen molar-refractivity contribution in [3.8, 4) is 10.9 Å². The highest BCUT2D eigenvalue weighted by Crippen LogP contribution is 2.57. The number of aromatic nitrogens is 1. The molecule has 49 heavy (non-hydrogen) atoms. The topological polar surface area (TPSA) is 97.8 Å². The van der Waals surface area contributed by atoms with E-state index in [1.807, 2.05) is 54.6 Å². The number of carbonyl (C=O) groups is 3. The lowest BCUT2D eigenvalue weighted by Gasteiger charge is -2.29. The lowest BCUT2D eigenvalue weighted by Crippen LogP contribution is -2.46. The van der Waals surface area contributed by atoms with Crippen LogP contribution < -0.4 is 15.1 Å². The van der Waals surface area contributed by atoms with Gasteiger partial charge in [0.05, 0.1) is 28.2 Å². The largest absolute Gasteiger partial charge is 0.465 e. The number of nitrogens with zero attached hydrogens (tertiary/aromatic N) is 2. The molecule has 3 heterocycles. The first-order chi connectivity index (χ1) is 23.9. The molecule has 1 aliphatic carbocycles. The van der Waals surface area contributed by atoms with Gasteiger partial charge in [-0.25, -0.2) is 4.98 Å². The van der Waals surface area contributed by atoms with Gasteiger partial charge in [-0.3, -0.25) is 14.4 Å². The average Bonchev–Trinajstić information content (AvgIpc) is 3.41. The van der Waals surface area contributed by atoms with E-state index in [9.17, 15) is 14.4 Å². The first-order valence-corrected chi connectivity index (χ1v) is 18.8. The molecule has 0 unspecified atom stereocenters. The van der Waals surface area contributed by atoms with Crippen LogP contribution in [0.3, 0.4) is 0 Å². The Bertz CT molecular complexity index is 1830. The summed E-state index contributed by atoms with van der Waals surface area (Å²) in [5.41, 5.74) is 3.65. The van der Waals surface area contributed by atoms with E-state index in [0.29, 0.717) is 36.8 Å². The molecule has 0 radical (unpaired) electrons. The smallest absolute Gasteiger partial charge is 0.274 e. The second kappa shape index (κ2) is 14.8. The third kappa shape index (κ3) is 7.75. The molecule has 1 N–H and O–H groups in total. The number of rotatable bonds is 7. The fourth-order valence-corrected chi connectivity index (χ4v) is 8.73. The van der Waals surface area contributed by atoms with Gasteiger partial charge in [0.25, 0.3) is 11.1 Å². The van der Waals surface area contributed by atoms with Crippen molar-refractivity contribution in [1.29, 1.82) is 0 Å². The van der Waals surface area contributed by atoms with Crippen LogP contribution in [-0.4, -0.2) is 46.2 Å². The molecule has 1 saturated carbocycles. The summed E-state index contributed by atoms with van der Waals surface area (Å²) in [6.45, 7) is 0.291. The van der Waals surface area contributed by atoms with Crippen LogP contribution >= 0.6 is 27.3 Å². The van der Waals surface area contributed by atoms with E-state index in [1.54, 1.807) is 17.0 Å². The van der Waals surface area contributed by atoms with E-state index in [1.165, 1.54) is 11.3 Å². The molecule has 3 aromatic carbocycles. The molecule has 2 fully saturated rings. The van der Waals surface area contributed by atoms with Crippen LogP contribution in [-0.2, 0) is 20.8 Å². The fraction of sp³-hybridized carbons (Fsp3) is 0.385. The van der Waals surface area contributed by atoms with Crippen molar-refractivity contribution in [2.45, 2.75) is 69.9 Å². The van der Waals surface area contributed by atoms with Crippen molar-refractivity contribution in [2.24, 2.45) is 17.3 Å². The Morgan fingerprint density at radius 3 is 2.63 bits per heavy atom. The summed E-state index contributed by atoms with van der Waals surface area (Å²) in [6.07, 6.45) is 9.97. The summed E-state index contributed by atoms with van der Waals surface area (Å²) in [7, 11) is 0. The van der Waals surface area contributed by atoms with Crippen molar-refractivity contribution in [3.63, 3.8) is 0 Å². The second-order valence-corrected chi connectivity index (χ2v) is 15.4. The molecule has 4 aromatic rings. The number of ketones is 1. The molecule has 7 rings (SSSR count). The number of halogens is 1. The first-order valence-electron chi connectivity index (χ1n) is 17.2. The molecule has 2 aliphatic heterocycles. The number of Topliss-reactive ketones (excluding diaryl/α,β-unsaturated/α-hetero) is 1. The highest BCUT2D eigenvalue weighted by molar-refractivity contribution is 9.10. The third-order valence-electron chi connectivity index (χ3n) is 10.1. The van der Waals surface area contributed by atoms with Gasteiger partial charge in [-0.15, -0.1) is 0 Å². The standard InChI is InChI=1S/C39H40BrN3O5S/c40-29-18-19-32-35(21-29)49-38(41-32)47-31-22-33-34(44)24-39(37(46)42-48-30-16-10-5-11-17-30)23-28(39)15-9-3-1-2-8-14-27(36(45)43(33)25-31)20-26-12-6-4-7-13-26/h4-7,9-13,15-19,21,27-28,31,33H,1-3,8,14,20,22-25H2,(H,42,46)/b15-9-/t27-,28+,31-,33+,39-/m1/s1. The number of allylic oxidation sites excluding steroid dienone is 2. The average molecular weight is 743 g/mol. The van der Waals surface area contributed by atoms with E-state index >= 15 is 0 Å². The Hall–Kier alpha value is -4.02. The lowest BCUT2D eigenvalue weighted by atomic mass is 9.90. The quantitative estimate of drug-likeness (QED) is 0.153. The van der Waals surface area contributed by atoms with Gasteiger partial charge in [-0.05, 0) is 73.9 Å². The Balaban J connectivity index is 1.16. The van der Waals surface area contributed by atoms with Gasteiger partial charge >= 0.3 is 0 Å². The number of hydrogen-bond donors (Lipinski definition) is 1. The highest BCUT2D eigenvalue weighted by Gasteiger charge is 2.61. The molecule has 1 aromatic heterocycles. The van der Waals surface area contributed by atoms with Crippen molar-refractivity contribution in [2.75, 3.05) is 6.54 Å². The zero-order chi connectivity index (χ0) is 33.8. The molecular formula is C39H40BrN3O5S. The summed E-state index contributed by atoms with van der Waals surface area (Å²) < 4.78 is 8.38. The number of benzene rings is 3. The minimum absolute atomic E-state index is 0.0195. The lowest BCUT2D eigenvalue weighted by molar-refractivity contribution is -0.143. The monoisotopic (exact) mass is 741 g/mol. The molecule has 0 bridgehead atoms. The van der Waals surface area contributed by atoms with Crippen molar-refractivity contribution >= 4 is 55.1 Å². The van der Waals surface area contributed by atoms with E-state index in [4.69, 9.17) is 9.57 Å². The van der Waals surface area contributed by atoms with Gasteiger partial charge in [-0.1, -0.05) is 101 Å². The Labute approximate surface area is 299 Å². The van der Waals surface area contributed by atoms with Crippen LogP contribution in [0.15, 0.2) is 95.5 Å². The van der Waals surface area contributed by atoms with E-state index in [0.717, 1.165) is 52.4 Å². The Kier molecular flexibility index (Phi) is 10.1. The van der Waals surface area contributed by atoms with Gasteiger partial charge in [0.2, 0.25) is 5.91 Å². The number of thiazole rings is 1. The number of carbonyl (C=O) groups excluding carboxylic acids is 3. The van der Waals surface area contributed by atoms with Crippen molar-refractivity contribution in [1.82, 2.24) is 15.4 Å². The predicted molar refractivity (Wildman–Crippen MR) is 193 cm³/mol. The summed E-state index contributed by atoms with van der Waals surface area (Å²) in [6, 6.07) is 24.4. The molecule has 10 heteroatoms. The minimum atomic E-state index is -0.930. The Morgan fingerprint density at radius 1 is 1.02 bits per heavy atom. The van der Waals surface area contributed by atoms with Gasteiger partial charge < -0.3 is 14.5 Å². The number of para-hydroxylation sites is 1. The van der Waals surface area contributed by atoms with Crippen LogP contribution in [0, 0.1) is 17.3 Å². The number of fused-ring (bicyclic) bond motifs is 3. The zero-order valence-corrected chi connectivity index (χ0v) is 29.7. The first kappa shape index (κ1) is 33.5. The number of amides is 2. The van der Waals surface area contributed by atoms with Crippen LogP contribution in [0.4, 0.5) is 0 Å². The van der Waals surface area contributed by atoms with Gasteiger partial charge in [0.1, 0.15) is 6.10 Å². The normalized spacial score (nSPS) is 26.6. The molecule has 3 aliphatic rings. The summed E-state index contributed by atoms with van der Waals surface area (Å²) in [5, 5.41) is 0.517. The number of hydroxylamine groups is 1. The number of hydrogen-bond acceptors (Lipinski definition) is 7. The second-order valence-electron chi connectivity index (χ2n) is 13.5. The zero-order valence-electron chi connectivity index (χ0n) is 27.3. The van der Waals surface area contributed by atoms with Crippen LogP contribution in [0.2, 0.25) is 0 Å². The molecule has 5 atom stereocenters. The predicted octanol–water partition coefficient (Wildman–Crippen LogP) is 7.86. The molecule has 0 spiro atoms. The molecule has 254 valence electrons. The van der Waals surface area contributed by atoms with Crippen LogP contribution in [0.1, 0.15) is 56.9 Å². The van der Waals surface area contributed by atoms with Gasteiger partial charge in [0, 0.05) is 23.2 Å². The molecule has 1 saturated heterocycles. The van der Waals surface area contributed by atoms with Crippen molar-refractivity contribution < 1.29 is 24.0 Å². The van der Waals surface area contributed by atoms with E-state index in [2.05, 4.69) is 50.7 Å². The highest BCUT2D eigenvalue weighted by atomic mass is 79.9. The maximum Gasteiger partial charge on any atom is 0.274 e. The van der Waals surface area contributed by atoms with Crippen molar-refractivity contribution in [3.05, 3.63) is 101 Å². The Morgan fingerprint density at radius 2 is 1.82 bits per heavy atom. The third-order valence-corrected chi connectivity index (χ3v) is 11.5. The molecular weight excluding hydrogens is 702 g/mol. The molecule has 2 amide bonds. The number of nitrogens with one attached hydrogen (secondary N) is 1. The molecule has 8 nitrogen and oxygen atoms in total. The number of ether oxygens (including phenoxy) is 1. The van der Waals surface area contributed by atoms with Crippen LogP contribution in [0.25, 0.3) is 10.2 Å². The maximum absolute atomic E-state index is 14.5. The summed E-state index contributed by atoms with van der Waals surface area (Å²) >= 11 is 4.98. The van der Waals surface area contributed by atoms with Gasteiger partial charge in [-0.2, -0.15) is 5.48 Å². The summed E-state index contributed by atoms with van der Waals surface area (Å²) in [4.78, 5) is 54.8. The SMILES string of the molecule is O=C1C[C@]2(C(=O)NOc3ccccc3)C[C@@H]2/C=C\CCCCC[C@H](Cc2ccccc2)C(=O)N2C[C@H](Oc3nc4ccc(Br)cc4s3)C[C@@H]12.